The molecule has 0 aromatic carbocycles. The summed E-state index contributed by atoms with van der Waals surface area (Å²) in [4.78, 5) is 34.8. The lowest BCUT2D eigenvalue weighted by Gasteiger charge is -2.19. The van der Waals surface area contributed by atoms with Crippen LogP contribution < -0.4 is 5.73 Å². The normalized spacial score (nSPS) is 14.0. The molecule has 0 aliphatic carbocycles. The summed E-state index contributed by atoms with van der Waals surface area (Å²) >= 11 is 0. The Morgan fingerprint density at radius 2 is 0.945 bits per heavy atom. The first kappa shape index (κ1) is 52.5. The van der Waals surface area contributed by atoms with Crippen molar-refractivity contribution in [3.05, 3.63) is 72.9 Å². The third-order valence-corrected chi connectivity index (χ3v) is 9.55. The highest BCUT2D eigenvalue weighted by Crippen LogP contribution is 2.43. The average molecular weight is 792 g/mol. The van der Waals surface area contributed by atoms with Crippen LogP contribution in [0.1, 0.15) is 168 Å². The SMILES string of the molecule is CCCCCC=CCC=CCC=CCC=CCCCCCC(=O)O[C@H](COC(=O)CCCCCCCC=CCC=CCCCCC)COP(=O)(O)OCCN. The maximum atomic E-state index is 12.6. The fraction of sp³-hybridized carbons (Fsp3) is 0.689. The van der Waals surface area contributed by atoms with E-state index < -0.39 is 32.5 Å². The van der Waals surface area contributed by atoms with Gasteiger partial charge in [-0.15, -0.1) is 0 Å². The zero-order chi connectivity index (χ0) is 40.3. The molecule has 0 spiro atoms. The third kappa shape index (κ3) is 40.9. The van der Waals surface area contributed by atoms with E-state index in [-0.39, 0.29) is 32.6 Å². The van der Waals surface area contributed by atoms with E-state index in [2.05, 4.69) is 86.8 Å². The maximum absolute atomic E-state index is 12.6. The largest absolute Gasteiger partial charge is 0.472 e. The van der Waals surface area contributed by atoms with E-state index in [0.29, 0.717) is 12.8 Å². The molecule has 10 heteroatoms. The number of ether oxygens (including phenoxy) is 2. The molecule has 55 heavy (non-hydrogen) atoms. The monoisotopic (exact) mass is 792 g/mol. The Balaban J connectivity index is 4.28. The molecule has 316 valence electrons. The van der Waals surface area contributed by atoms with Gasteiger partial charge in [-0.3, -0.25) is 18.6 Å². The number of allylic oxidation sites excluding steroid dienone is 12. The van der Waals surface area contributed by atoms with E-state index in [9.17, 15) is 19.0 Å². The zero-order valence-corrected chi connectivity index (χ0v) is 35.5. The van der Waals surface area contributed by atoms with Crippen LogP contribution in [0.15, 0.2) is 72.9 Å². The molecule has 0 saturated heterocycles. The number of nitrogens with two attached hydrogens (primary N) is 1. The minimum Gasteiger partial charge on any atom is -0.462 e. The Hall–Kier alpha value is -2.55. The number of hydrogen-bond acceptors (Lipinski definition) is 8. The van der Waals surface area contributed by atoms with Crippen LogP contribution >= 0.6 is 7.82 Å². The Kier molecular flexibility index (Phi) is 39.2. The van der Waals surface area contributed by atoms with Crippen molar-refractivity contribution in [1.29, 1.82) is 0 Å². The van der Waals surface area contributed by atoms with E-state index in [1.807, 2.05) is 0 Å². The third-order valence-electron chi connectivity index (χ3n) is 8.56. The highest BCUT2D eigenvalue weighted by molar-refractivity contribution is 7.47. The number of unbranched alkanes of at least 4 members (excludes halogenated alkanes) is 14. The van der Waals surface area contributed by atoms with Gasteiger partial charge in [-0.05, 0) is 89.9 Å². The fourth-order valence-corrected chi connectivity index (χ4v) is 6.12. The smallest absolute Gasteiger partial charge is 0.462 e. The number of carbonyl (C=O) groups excluding carboxylic acids is 2. The predicted octanol–water partition coefficient (Wildman–Crippen LogP) is 12.3. The fourth-order valence-electron chi connectivity index (χ4n) is 5.35. The summed E-state index contributed by atoms with van der Waals surface area (Å²) in [5.41, 5.74) is 5.34. The molecule has 0 heterocycles. The summed E-state index contributed by atoms with van der Waals surface area (Å²) in [5.74, 6) is -0.887. The highest BCUT2D eigenvalue weighted by atomic mass is 31.2. The molecule has 0 aliphatic rings. The molecule has 0 fully saturated rings. The number of phosphoric acid groups is 1. The molecule has 2 atom stereocenters. The average Bonchev–Trinajstić information content (AvgIpc) is 3.17. The number of phosphoric ester groups is 1. The van der Waals surface area contributed by atoms with Crippen molar-refractivity contribution >= 4 is 19.8 Å². The first-order valence-electron chi connectivity index (χ1n) is 21.4. The molecule has 0 aromatic rings. The number of esters is 2. The Morgan fingerprint density at radius 1 is 0.545 bits per heavy atom. The van der Waals surface area contributed by atoms with Crippen molar-refractivity contribution in [2.75, 3.05) is 26.4 Å². The van der Waals surface area contributed by atoms with E-state index in [1.54, 1.807) is 0 Å². The summed E-state index contributed by atoms with van der Waals surface area (Å²) in [6.07, 6.45) is 49.3. The van der Waals surface area contributed by atoms with Crippen molar-refractivity contribution in [1.82, 2.24) is 0 Å². The first-order chi connectivity index (χ1) is 26.8. The lowest BCUT2D eigenvalue weighted by molar-refractivity contribution is -0.161. The molecule has 0 radical (unpaired) electrons. The van der Waals surface area contributed by atoms with Crippen molar-refractivity contribution in [2.24, 2.45) is 5.73 Å². The van der Waals surface area contributed by atoms with E-state index in [1.165, 1.54) is 51.4 Å². The minimum atomic E-state index is -4.39. The van der Waals surface area contributed by atoms with Gasteiger partial charge in [0.2, 0.25) is 0 Å². The lowest BCUT2D eigenvalue weighted by Crippen LogP contribution is -2.29. The van der Waals surface area contributed by atoms with E-state index in [0.717, 1.165) is 77.0 Å². The molecule has 3 N–H and O–H groups in total. The zero-order valence-electron chi connectivity index (χ0n) is 34.6. The topological polar surface area (TPSA) is 134 Å². The number of carbonyl (C=O) groups is 2. The van der Waals surface area contributed by atoms with Gasteiger partial charge in [-0.25, -0.2) is 4.57 Å². The Labute approximate surface area is 335 Å². The summed E-state index contributed by atoms with van der Waals surface area (Å²) in [7, 11) is -4.39. The summed E-state index contributed by atoms with van der Waals surface area (Å²) in [6.45, 7) is 3.60. The van der Waals surface area contributed by atoms with Crippen molar-refractivity contribution < 1.29 is 37.6 Å². The summed E-state index contributed by atoms with van der Waals surface area (Å²) < 4.78 is 32.7. The van der Waals surface area contributed by atoms with E-state index >= 15 is 0 Å². The standard InChI is InChI=1S/C45H78NO8P/c1-3-5-7-9-11-13-15-17-19-20-21-22-24-26-28-30-32-34-36-38-45(48)54-43(42-53-55(49,50)52-40-39-46)41-51-44(47)37-35-33-31-29-27-25-23-18-16-14-12-10-8-6-4-2/h11-14,17-19,21-23,26,28,43H,3-10,15-16,20,24-25,27,29-42,46H2,1-2H3,(H,49,50)/t43-/m1/s1. The summed E-state index contributed by atoms with van der Waals surface area (Å²) in [6, 6.07) is 0. The molecule has 0 rings (SSSR count). The van der Waals surface area contributed by atoms with Gasteiger partial charge in [0.25, 0.3) is 0 Å². The molecule has 0 bridgehead atoms. The van der Waals surface area contributed by atoms with Gasteiger partial charge < -0.3 is 20.1 Å². The number of hydrogen-bond donors (Lipinski definition) is 2. The minimum absolute atomic E-state index is 0.0422. The summed E-state index contributed by atoms with van der Waals surface area (Å²) in [5, 5.41) is 0. The van der Waals surface area contributed by atoms with Gasteiger partial charge in [0.1, 0.15) is 6.61 Å². The van der Waals surface area contributed by atoms with Gasteiger partial charge in [-0.1, -0.05) is 138 Å². The van der Waals surface area contributed by atoms with Gasteiger partial charge in [0.15, 0.2) is 6.10 Å². The molecule has 0 aliphatic heterocycles. The van der Waals surface area contributed by atoms with Crippen LogP contribution in [-0.2, 0) is 32.7 Å². The Bertz CT molecular complexity index is 1130. The second kappa shape index (κ2) is 41.1. The molecule has 9 nitrogen and oxygen atoms in total. The van der Waals surface area contributed by atoms with Crippen molar-refractivity contribution in [3.8, 4) is 0 Å². The van der Waals surface area contributed by atoms with Crippen molar-refractivity contribution in [2.45, 2.75) is 174 Å². The number of rotatable bonds is 39. The second-order valence-electron chi connectivity index (χ2n) is 13.8. The predicted molar refractivity (Wildman–Crippen MR) is 229 cm³/mol. The van der Waals surface area contributed by atoms with Crippen LogP contribution in [0.3, 0.4) is 0 Å². The van der Waals surface area contributed by atoms with Crippen molar-refractivity contribution in [3.63, 3.8) is 0 Å². The quantitative estimate of drug-likeness (QED) is 0.0270. The maximum Gasteiger partial charge on any atom is 0.472 e. The van der Waals surface area contributed by atoms with Crippen LogP contribution in [0.5, 0.6) is 0 Å². The molecule has 1 unspecified atom stereocenters. The Morgan fingerprint density at radius 3 is 1.42 bits per heavy atom. The first-order valence-corrected chi connectivity index (χ1v) is 22.9. The van der Waals surface area contributed by atoms with E-state index in [4.69, 9.17) is 24.3 Å². The van der Waals surface area contributed by atoms with Crippen LogP contribution in [0.2, 0.25) is 0 Å². The van der Waals surface area contributed by atoms with Gasteiger partial charge >= 0.3 is 19.8 Å². The van der Waals surface area contributed by atoms with Gasteiger partial charge in [0, 0.05) is 19.4 Å². The molecular weight excluding hydrogens is 713 g/mol. The van der Waals surface area contributed by atoms with Crippen LogP contribution in [0.25, 0.3) is 0 Å². The van der Waals surface area contributed by atoms with Crippen LogP contribution in [-0.4, -0.2) is 49.3 Å². The van der Waals surface area contributed by atoms with Gasteiger partial charge in [-0.2, -0.15) is 0 Å². The molecular formula is C45H78NO8P. The van der Waals surface area contributed by atoms with Gasteiger partial charge in [0.05, 0.1) is 13.2 Å². The molecule has 0 aromatic heterocycles. The lowest BCUT2D eigenvalue weighted by atomic mass is 10.1. The highest BCUT2D eigenvalue weighted by Gasteiger charge is 2.25. The second-order valence-corrected chi connectivity index (χ2v) is 15.3. The molecule has 0 amide bonds. The van der Waals surface area contributed by atoms with Crippen LogP contribution in [0, 0.1) is 0 Å². The molecule has 0 saturated carbocycles. The van der Waals surface area contributed by atoms with Crippen LogP contribution in [0.4, 0.5) is 0 Å².